The molecular weight excluding hydrogens is 590 g/mol. The zero-order chi connectivity index (χ0) is 33.7. The third-order valence-electron chi connectivity index (χ3n) is 7.59. The highest BCUT2D eigenvalue weighted by Crippen LogP contribution is 2.17. The number of nitrogens with one attached hydrogen (secondary N) is 1. The Labute approximate surface area is 266 Å². The summed E-state index contributed by atoms with van der Waals surface area (Å²) in [5, 5.41) is 2.58. The molecule has 4 heterocycles. The summed E-state index contributed by atoms with van der Waals surface area (Å²) in [7, 11) is 6.87. The van der Waals surface area contributed by atoms with Crippen LogP contribution in [0.15, 0.2) is 36.9 Å². The second-order valence-electron chi connectivity index (χ2n) is 11.5. The van der Waals surface area contributed by atoms with Crippen LogP contribution >= 0.6 is 0 Å². The number of imidazole rings is 2. The third kappa shape index (κ3) is 8.09. The van der Waals surface area contributed by atoms with Gasteiger partial charge in [-0.1, -0.05) is 6.92 Å². The van der Waals surface area contributed by atoms with E-state index in [1.807, 2.05) is 0 Å². The Morgan fingerprint density at radius 1 is 0.630 bits per heavy atom. The summed E-state index contributed by atoms with van der Waals surface area (Å²) in [5.74, 6) is -0.666. The van der Waals surface area contributed by atoms with Gasteiger partial charge in [-0.2, -0.15) is 0 Å². The minimum atomic E-state index is -0.313. The number of carbonyl (C=O) groups excluding carboxylic acids is 6. The number of hydrogen-bond donors (Lipinski definition) is 1. The fourth-order valence-corrected chi connectivity index (χ4v) is 5.39. The average molecular weight is 630 g/mol. The molecule has 13 heteroatoms. The van der Waals surface area contributed by atoms with Crippen molar-refractivity contribution in [1.29, 1.82) is 0 Å². The Morgan fingerprint density at radius 3 is 1.63 bits per heavy atom. The number of nitrogens with zero attached hydrogens (tertiary/aromatic N) is 6. The van der Waals surface area contributed by atoms with Gasteiger partial charge in [0.15, 0.2) is 23.2 Å². The molecule has 4 aromatic heterocycles. The molecule has 0 aromatic carbocycles. The van der Waals surface area contributed by atoms with Gasteiger partial charge in [0.2, 0.25) is 17.5 Å². The molecule has 0 aliphatic carbocycles. The zero-order valence-corrected chi connectivity index (χ0v) is 27.0. The van der Waals surface area contributed by atoms with Crippen molar-refractivity contribution in [3.63, 3.8) is 0 Å². The largest absolute Gasteiger partial charge is 0.356 e. The molecule has 13 nitrogen and oxygen atoms in total. The second-order valence-corrected chi connectivity index (χ2v) is 11.5. The van der Waals surface area contributed by atoms with E-state index in [1.54, 1.807) is 90.3 Å². The predicted molar refractivity (Wildman–Crippen MR) is 168 cm³/mol. The van der Waals surface area contributed by atoms with E-state index in [9.17, 15) is 28.8 Å². The van der Waals surface area contributed by atoms with Crippen LogP contribution in [-0.4, -0.2) is 69.6 Å². The number of carbonyl (C=O) groups is 6. The van der Waals surface area contributed by atoms with Gasteiger partial charge in [0.05, 0.1) is 35.6 Å². The maximum Gasteiger partial charge on any atom is 0.216 e. The van der Waals surface area contributed by atoms with Crippen molar-refractivity contribution in [2.75, 3.05) is 6.54 Å². The van der Waals surface area contributed by atoms with E-state index in [2.05, 4.69) is 15.3 Å². The minimum Gasteiger partial charge on any atom is -0.356 e. The first-order valence-electron chi connectivity index (χ1n) is 15.0. The smallest absolute Gasteiger partial charge is 0.216 e. The summed E-state index contributed by atoms with van der Waals surface area (Å²) in [6, 6.07) is 3.44. The Bertz CT molecular complexity index is 1830. The highest BCUT2D eigenvalue weighted by molar-refractivity contribution is 5.99. The number of hydrogen-bond acceptors (Lipinski definition) is 8. The molecule has 46 heavy (non-hydrogen) atoms. The van der Waals surface area contributed by atoms with Crippen LogP contribution in [0.3, 0.4) is 0 Å². The van der Waals surface area contributed by atoms with Crippen LogP contribution in [0.5, 0.6) is 0 Å². The summed E-state index contributed by atoms with van der Waals surface area (Å²) in [6.07, 6.45) is 7.41. The maximum atomic E-state index is 13.2. The third-order valence-corrected chi connectivity index (χ3v) is 7.59. The summed E-state index contributed by atoms with van der Waals surface area (Å²) in [4.78, 5) is 83.5. The molecule has 0 saturated heterocycles. The van der Waals surface area contributed by atoms with Crippen molar-refractivity contribution < 1.29 is 28.8 Å². The second kappa shape index (κ2) is 14.3. The van der Waals surface area contributed by atoms with Gasteiger partial charge in [0.25, 0.3) is 0 Å². The molecule has 0 fully saturated rings. The highest BCUT2D eigenvalue weighted by Gasteiger charge is 2.22. The van der Waals surface area contributed by atoms with E-state index >= 15 is 0 Å². The van der Waals surface area contributed by atoms with Crippen LogP contribution in [0.1, 0.15) is 91.4 Å². The Balaban J connectivity index is 1.37. The standard InChI is InChI=1S/C33H39N7O6/c1-7-28(43)26-10-21(16-37(26)3)12-29(44)27-11-22(17-38(27)4)13-30(45)32-36-24(19-40(32)6)15-31(46)33-35-23(18-39(33)5)14-25(42)8-9-34-20(2)41/h10-11,16-19H,7-9,12-15H2,1-6H3,(H,34,41). The molecule has 0 aliphatic rings. The van der Waals surface area contributed by atoms with Crippen molar-refractivity contribution in [2.45, 2.75) is 52.4 Å². The fourth-order valence-electron chi connectivity index (χ4n) is 5.39. The maximum absolute atomic E-state index is 13.2. The van der Waals surface area contributed by atoms with E-state index in [1.165, 1.54) is 6.92 Å². The van der Waals surface area contributed by atoms with Gasteiger partial charge in [-0.25, -0.2) is 9.97 Å². The van der Waals surface area contributed by atoms with Crippen LogP contribution in [0.4, 0.5) is 0 Å². The van der Waals surface area contributed by atoms with Gasteiger partial charge in [0.1, 0.15) is 5.78 Å². The van der Waals surface area contributed by atoms with Gasteiger partial charge in [0, 0.05) is 92.1 Å². The number of aryl methyl sites for hydroxylation is 4. The Morgan fingerprint density at radius 2 is 1.11 bits per heavy atom. The summed E-state index contributed by atoms with van der Waals surface area (Å²) in [6.45, 7) is 3.42. The summed E-state index contributed by atoms with van der Waals surface area (Å²) >= 11 is 0. The molecule has 0 saturated carbocycles. The van der Waals surface area contributed by atoms with E-state index in [0.717, 1.165) is 5.56 Å². The predicted octanol–water partition coefficient (Wildman–Crippen LogP) is 2.34. The molecule has 0 aliphatic heterocycles. The van der Waals surface area contributed by atoms with Crippen molar-refractivity contribution in [3.8, 4) is 0 Å². The Hall–Kier alpha value is -5.20. The van der Waals surface area contributed by atoms with Crippen LogP contribution < -0.4 is 5.32 Å². The van der Waals surface area contributed by atoms with Crippen molar-refractivity contribution in [3.05, 3.63) is 82.5 Å². The molecule has 0 bridgehead atoms. The zero-order valence-electron chi connectivity index (χ0n) is 27.0. The lowest BCUT2D eigenvalue weighted by Gasteiger charge is -2.00. The van der Waals surface area contributed by atoms with Crippen LogP contribution in [-0.2, 0) is 63.5 Å². The van der Waals surface area contributed by atoms with E-state index < -0.39 is 0 Å². The first kappa shape index (κ1) is 33.7. The molecular formula is C33H39N7O6. The van der Waals surface area contributed by atoms with E-state index in [-0.39, 0.29) is 85.1 Å². The molecule has 0 unspecified atom stereocenters. The number of ketones is 5. The summed E-state index contributed by atoms with van der Waals surface area (Å²) in [5.41, 5.74) is 3.26. The first-order chi connectivity index (χ1) is 21.7. The molecule has 242 valence electrons. The lowest BCUT2D eigenvalue weighted by Crippen LogP contribution is -2.23. The normalized spacial score (nSPS) is 11.1. The van der Waals surface area contributed by atoms with Gasteiger partial charge in [-0.3, -0.25) is 28.8 Å². The van der Waals surface area contributed by atoms with E-state index in [0.29, 0.717) is 34.8 Å². The van der Waals surface area contributed by atoms with Crippen LogP contribution in [0.25, 0.3) is 0 Å². The van der Waals surface area contributed by atoms with Crippen molar-refractivity contribution >= 4 is 34.8 Å². The SMILES string of the molecule is CCC(=O)c1cc(CC(=O)c2cc(CC(=O)c3nc(CC(=O)c4nc(CC(=O)CCNC(C)=O)cn4C)cn3C)cn2C)cn1C. The van der Waals surface area contributed by atoms with Gasteiger partial charge in [-0.15, -0.1) is 0 Å². The topological polar surface area (TPSA) is 160 Å². The number of rotatable bonds is 16. The highest BCUT2D eigenvalue weighted by atomic mass is 16.2. The summed E-state index contributed by atoms with van der Waals surface area (Å²) < 4.78 is 6.55. The monoisotopic (exact) mass is 629 g/mol. The molecule has 4 aromatic rings. The molecule has 0 radical (unpaired) electrons. The Kier molecular flexibility index (Phi) is 10.5. The fraction of sp³-hybridized carbons (Fsp3) is 0.394. The number of amides is 1. The molecule has 0 atom stereocenters. The van der Waals surface area contributed by atoms with Crippen LogP contribution in [0.2, 0.25) is 0 Å². The average Bonchev–Trinajstić information content (AvgIpc) is 3.73. The molecule has 1 N–H and O–H groups in total. The van der Waals surface area contributed by atoms with Gasteiger partial charge >= 0.3 is 0 Å². The first-order valence-corrected chi connectivity index (χ1v) is 15.0. The molecule has 1 amide bonds. The van der Waals surface area contributed by atoms with Gasteiger partial charge < -0.3 is 23.6 Å². The lowest BCUT2D eigenvalue weighted by molar-refractivity contribution is -0.119. The number of aromatic nitrogens is 6. The quantitative estimate of drug-likeness (QED) is 0.185. The minimum absolute atomic E-state index is 0.00829. The number of Topliss-reactive ketones (excluding diaryl/α,β-unsaturated/α-hetero) is 5. The molecule has 0 spiro atoms. The van der Waals surface area contributed by atoms with Gasteiger partial charge in [-0.05, 0) is 23.3 Å². The van der Waals surface area contributed by atoms with E-state index in [4.69, 9.17) is 0 Å². The van der Waals surface area contributed by atoms with Crippen molar-refractivity contribution in [1.82, 2.24) is 33.6 Å². The lowest BCUT2D eigenvalue weighted by atomic mass is 10.1. The van der Waals surface area contributed by atoms with Crippen molar-refractivity contribution in [2.24, 2.45) is 28.2 Å². The molecule has 4 rings (SSSR count). The van der Waals surface area contributed by atoms with Crippen LogP contribution in [0, 0.1) is 0 Å².